The minimum atomic E-state index is -0.0172. The largest absolute Gasteiger partial charge is 0.361 e. The quantitative estimate of drug-likeness (QED) is 0.233. The SMILES string of the molecule is Cc1cccc2c(CCNC(=NCC(=O)N(C)C)NCCc3cccs3)c[nH]c12.I. The summed E-state index contributed by atoms with van der Waals surface area (Å²) in [5, 5.41) is 10.1. The smallest absolute Gasteiger partial charge is 0.243 e. The van der Waals surface area contributed by atoms with E-state index in [9.17, 15) is 4.79 Å². The number of carbonyl (C=O) groups is 1. The number of thiophene rings is 1. The highest BCUT2D eigenvalue weighted by atomic mass is 127. The van der Waals surface area contributed by atoms with Crippen molar-refractivity contribution in [3.05, 3.63) is 57.9 Å². The highest BCUT2D eigenvalue weighted by molar-refractivity contribution is 14.0. The summed E-state index contributed by atoms with van der Waals surface area (Å²) in [4.78, 5) is 22.6. The van der Waals surface area contributed by atoms with Crippen LogP contribution in [0.15, 0.2) is 46.9 Å². The molecule has 162 valence electrons. The molecule has 30 heavy (non-hydrogen) atoms. The number of para-hydroxylation sites is 1. The van der Waals surface area contributed by atoms with Crippen LogP contribution in [0.5, 0.6) is 0 Å². The number of rotatable bonds is 8. The van der Waals surface area contributed by atoms with Gasteiger partial charge in [0.15, 0.2) is 5.96 Å². The molecule has 2 aromatic heterocycles. The van der Waals surface area contributed by atoms with Crippen molar-refractivity contribution in [3.8, 4) is 0 Å². The Labute approximate surface area is 199 Å². The van der Waals surface area contributed by atoms with Gasteiger partial charge in [-0.15, -0.1) is 35.3 Å². The lowest BCUT2D eigenvalue weighted by Gasteiger charge is -2.13. The maximum atomic E-state index is 11.9. The fourth-order valence-corrected chi connectivity index (χ4v) is 3.82. The van der Waals surface area contributed by atoms with Gasteiger partial charge in [0.05, 0.1) is 0 Å². The topological polar surface area (TPSA) is 72.5 Å². The molecular weight excluding hydrogens is 509 g/mol. The average molecular weight is 539 g/mol. The maximum Gasteiger partial charge on any atom is 0.243 e. The normalized spacial score (nSPS) is 11.2. The number of aromatic nitrogens is 1. The molecule has 0 aliphatic rings. The van der Waals surface area contributed by atoms with Crippen molar-refractivity contribution in [2.24, 2.45) is 4.99 Å². The van der Waals surface area contributed by atoms with Gasteiger partial charge in [-0.05, 0) is 42.3 Å². The molecule has 0 unspecified atom stereocenters. The summed E-state index contributed by atoms with van der Waals surface area (Å²) in [7, 11) is 3.49. The number of aliphatic imine (C=N–C) groups is 1. The number of aromatic amines is 1. The van der Waals surface area contributed by atoms with Gasteiger partial charge in [0, 0.05) is 49.2 Å². The summed E-state index contributed by atoms with van der Waals surface area (Å²) >= 11 is 1.75. The summed E-state index contributed by atoms with van der Waals surface area (Å²) in [6, 6.07) is 10.6. The number of hydrogen-bond donors (Lipinski definition) is 3. The van der Waals surface area contributed by atoms with Crippen molar-refractivity contribution in [1.29, 1.82) is 0 Å². The second kappa shape index (κ2) is 11.9. The van der Waals surface area contributed by atoms with Crippen LogP contribution in [-0.2, 0) is 17.6 Å². The lowest BCUT2D eigenvalue weighted by atomic mass is 10.1. The molecule has 3 aromatic rings. The van der Waals surface area contributed by atoms with Crippen LogP contribution < -0.4 is 10.6 Å². The summed E-state index contributed by atoms with van der Waals surface area (Å²) in [6.45, 7) is 3.76. The number of amides is 1. The van der Waals surface area contributed by atoms with E-state index in [0.29, 0.717) is 5.96 Å². The van der Waals surface area contributed by atoms with Crippen LogP contribution in [-0.4, -0.2) is 55.5 Å². The monoisotopic (exact) mass is 539 g/mol. The summed E-state index contributed by atoms with van der Waals surface area (Å²) in [5.74, 6) is 0.657. The van der Waals surface area contributed by atoms with Crippen molar-refractivity contribution >= 4 is 58.1 Å². The van der Waals surface area contributed by atoms with Crippen LogP contribution >= 0.6 is 35.3 Å². The predicted octanol–water partition coefficient (Wildman–Crippen LogP) is 3.56. The van der Waals surface area contributed by atoms with E-state index < -0.39 is 0 Å². The van der Waals surface area contributed by atoms with Crippen molar-refractivity contribution in [2.45, 2.75) is 19.8 Å². The van der Waals surface area contributed by atoms with Gasteiger partial charge in [0.2, 0.25) is 5.91 Å². The maximum absolute atomic E-state index is 11.9. The molecule has 2 heterocycles. The number of hydrogen-bond acceptors (Lipinski definition) is 3. The summed E-state index contributed by atoms with van der Waals surface area (Å²) in [6.07, 6.45) is 3.88. The first-order valence-corrected chi connectivity index (χ1v) is 10.7. The molecule has 3 N–H and O–H groups in total. The van der Waals surface area contributed by atoms with Gasteiger partial charge in [0.1, 0.15) is 6.54 Å². The third-order valence-electron chi connectivity index (χ3n) is 4.81. The van der Waals surface area contributed by atoms with Crippen LogP contribution in [0.1, 0.15) is 16.0 Å². The van der Waals surface area contributed by atoms with Gasteiger partial charge in [-0.1, -0.05) is 24.3 Å². The molecule has 3 rings (SSSR count). The standard InChI is InChI=1S/C22H29N5OS.HI/c1-16-6-4-8-19-17(14-25-21(16)19)9-11-23-22(26-15-20(28)27(2)3)24-12-10-18-7-5-13-29-18;/h4-8,13-14,25H,9-12,15H2,1-3H3,(H2,23,24,26);1H. The molecule has 0 radical (unpaired) electrons. The number of halogens is 1. The fraction of sp³-hybridized carbons (Fsp3) is 0.364. The van der Waals surface area contributed by atoms with Crippen LogP contribution in [0.3, 0.4) is 0 Å². The van der Waals surface area contributed by atoms with E-state index in [1.165, 1.54) is 26.9 Å². The Morgan fingerprint density at radius 1 is 1.13 bits per heavy atom. The number of fused-ring (bicyclic) bond motifs is 1. The predicted molar refractivity (Wildman–Crippen MR) is 137 cm³/mol. The second-order valence-corrected chi connectivity index (χ2v) is 8.23. The Kier molecular flexibility index (Phi) is 9.64. The molecule has 0 bridgehead atoms. The number of nitrogens with one attached hydrogen (secondary N) is 3. The molecule has 1 amide bonds. The van der Waals surface area contributed by atoms with E-state index in [2.05, 4.69) is 69.4 Å². The first-order valence-electron chi connectivity index (χ1n) is 9.85. The molecule has 1 aromatic carbocycles. The Morgan fingerprint density at radius 3 is 2.60 bits per heavy atom. The number of nitrogens with zero attached hydrogens (tertiary/aromatic N) is 2. The van der Waals surface area contributed by atoms with Crippen LogP contribution in [0, 0.1) is 6.92 Å². The van der Waals surface area contributed by atoms with E-state index >= 15 is 0 Å². The number of guanidine groups is 1. The van der Waals surface area contributed by atoms with Gasteiger partial charge < -0.3 is 20.5 Å². The van der Waals surface area contributed by atoms with E-state index in [-0.39, 0.29) is 36.4 Å². The number of carbonyl (C=O) groups excluding carboxylic acids is 1. The van der Waals surface area contributed by atoms with Gasteiger partial charge in [-0.3, -0.25) is 4.79 Å². The Morgan fingerprint density at radius 2 is 1.90 bits per heavy atom. The third kappa shape index (κ3) is 6.73. The van der Waals surface area contributed by atoms with Gasteiger partial charge in [-0.25, -0.2) is 4.99 Å². The number of likely N-dealkylation sites (N-methyl/N-ethyl adjacent to an activating group) is 1. The zero-order valence-corrected chi connectivity index (χ0v) is 20.8. The number of benzene rings is 1. The molecule has 0 saturated heterocycles. The highest BCUT2D eigenvalue weighted by Gasteiger charge is 2.07. The van der Waals surface area contributed by atoms with Crippen LogP contribution in [0.4, 0.5) is 0 Å². The third-order valence-corrected chi connectivity index (χ3v) is 5.75. The minimum Gasteiger partial charge on any atom is -0.361 e. The minimum absolute atomic E-state index is 0. The lowest BCUT2D eigenvalue weighted by molar-refractivity contribution is -0.127. The Bertz CT molecular complexity index is 965. The first kappa shape index (κ1) is 24.2. The van der Waals surface area contributed by atoms with Gasteiger partial charge in [0.25, 0.3) is 0 Å². The average Bonchev–Trinajstić information content (AvgIpc) is 3.36. The zero-order chi connectivity index (χ0) is 20.6. The number of aryl methyl sites for hydroxylation is 1. The molecule has 0 saturated carbocycles. The summed E-state index contributed by atoms with van der Waals surface area (Å²) in [5.41, 5.74) is 3.72. The summed E-state index contributed by atoms with van der Waals surface area (Å²) < 4.78 is 0. The van der Waals surface area contributed by atoms with Crippen molar-refractivity contribution < 1.29 is 4.79 Å². The molecule has 0 aliphatic heterocycles. The van der Waals surface area contributed by atoms with Crippen LogP contribution in [0.2, 0.25) is 0 Å². The van der Waals surface area contributed by atoms with Crippen molar-refractivity contribution in [2.75, 3.05) is 33.7 Å². The van der Waals surface area contributed by atoms with E-state index in [1.807, 2.05) is 0 Å². The molecule has 6 nitrogen and oxygen atoms in total. The van der Waals surface area contributed by atoms with Crippen molar-refractivity contribution in [3.63, 3.8) is 0 Å². The Balaban J connectivity index is 0.00000320. The highest BCUT2D eigenvalue weighted by Crippen LogP contribution is 2.21. The van der Waals surface area contributed by atoms with Crippen molar-refractivity contribution in [1.82, 2.24) is 20.5 Å². The first-order chi connectivity index (χ1) is 14.0. The van der Waals surface area contributed by atoms with Gasteiger partial charge in [-0.2, -0.15) is 0 Å². The Hall–Kier alpha value is -2.07. The molecule has 0 fully saturated rings. The zero-order valence-electron chi connectivity index (χ0n) is 17.7. The van der Waals surface area contributed by atoms with Gasteiger partial charge >= 0.3 is 0 Å². The molecule has 0 spiro atoms. The molecule has 0 atom stereocenters. The number of H-pyrrole nitrogens is 1. The van der Waals surface area contributed by atoms with Crippen LogP contribution in [0.25, 0.3) is 10.9 Å². The van der Waals surface area contributed by atoms with E-state index in [1.54, 1.807) is 30.3 Å². The van der Waals surface area contributed by atoms with E-state index in [0.717, 1.165) is 25.9 Å². The van der Waals surface area contributed by atoms with E-state index in [4.69, 9.17) is 0 Å². The molecular formula is C22H30IN5OS. The molecule has 0 aliphatic carbocycles. The lowest BCUT2D eigenvalue weighted by Crippen LogP contribution is -2.40. The molecule has 8 heteroatoms. The second-order valence-electron chi connectivity index (χ2n) is 7.20. The fourth-order valence-electron chi connectivity index (χ4n) is 3.11.